The maximum absolute atomic E-state index is 14.3. The fraction of sp³-hybridized carbons (Fsp3) is 0.258. The lowest BCUT2D eigenvalue weighted by atomic mass is 10.0. The van der Waals surface area contributed by atoms with Crippen molar-refractivity contribution in [1.29, 1.82) is 0 Å². The minimum atomic E-state index is -0.470. The Morgan fingerprint density at radius 2 is 1.56 bits per heavy atom. The average molecular weight is 553 g/mol. The fourth-order valence-electron chi connectivity index (χ4n) is 4.90. The highest BCUT2D eigenvalue weighted by molar-refractivity contribution is 5.79. The van der Waals surface area contributed by atoms with Crippen molar-refractivity contribution < 1.29 is 9.66 Å². The van der Waals surface area contributed by atoms with Crippen LogP contribution in [0.1, 0.15) is 13.8 Å². The number of nitro groups is 1. The van der Waals surface area contributed by atoms with E-state index in [9.17, 15) is 14.9 Å². The van der Waals surface area contributed by atoms with E-state index in [0.29, 0.717) is 17.9 Å². The van der Waals surface area contributed by atoms with E-state index < -0.39 is 4.92 Å². The quantitative estimate of drug-likeness (QED) is 0.136. The largest absolute Gasteiger partial charge is 0.494 e. The maximum Gasteiger partial charge on any atom is 0.285 e. The van der Waals surface area contributed by atoms with Gasteiger partial charge in [-0.2, -0.15) is 5.11 Å². The number of ether oxygens (including phenoxy) is 1. The molecule has 0 atom stereocenters. The van der Waals surface area contributed by atoms with Crippen LogP contribution < -0.4 is 15.2 Å². The summed E-state index contributed by atoms with van der Waals surface area (Å²) < 4.78 is 7.33. The van der Waals surface area contributed by atoms with E-state index in [2.05, 4.69) is 27.0 Å². The summed E-state index contributed by atoms with van der Waals surface area (Å²) in [6.07, 6.45) is 0. The zero-order valence-electron chi connectivity index (χ0n) is 23.1. The van der Waals surface area contributed by atoms with Crippen molar-refractivity contribution >= 4 is 22.9 Å². The molecule has 1 saturated heterocycles. The van der Waals surface area contributed by atoms with Crippen LogP contribution in [0.15, 0.2) is 100.0 Å². The third-order valence-corrected chi connectivity index (χ3v) is 7.12. The van der Waals surface area contributed by atoms with Crippen LogP contribution >= 0.6 is 0 Å². The first-order chi connectivity index (χ1) is 20.0. The van der Waals surface area contributed by atoms with E-state index in [0.717, 1.165) is 55.5 Å². The van der Waals surface area contributed by atoms with Gasteiger partial charge in [0.15, 0.2) is 5.69 Å². The van der Waals surface area contributed by atoms with Gasteiger partial charge in [0.2, 0.25) is 0 Å². The van der Waals surface area contributed by atoms with Crippen LogP contribution in [0.3, 0.4) is 0 Å². The molecule has 1 aliphatic heterocycles. The average Bonchev–Trinajstić information content (AvgIpc) is 3.01. The lowest BCUT2D eigenvalue weighted by Crippen LogP contribution is -2.47. The molecule has 0 bridgehead atoms. The second-order valence-corrected chi connectivity index (χ2v) is 9.59. The summed E-state index contributed by atoms with van der Waals surface area (Å²) in [6.45, 7) is 8.99. The third kappa shape index (κ3) is 6.17. The number of aromatic nitrogens is 1. The normalized spacial score (nSPS) is 14.0. The smallest absolute Gasteiger partial charge is 0.285 e. The van der Waals surface area contributed by atoms with Gasteiger partial charge >= 0.3 is 0 Å². The molecule has 10 nitrogen and oxygen atoms in total. The summed E-state index contributed by atoms with van der Waals surface area (Å²) in [5.41, 5.74) is 2.40. The number of hydrogen-bond donors (Lipinski definition) is 0. The summed E-state index contributed by atoms with van der Waals surface area (Å²) in [5, 5.41) is 19.8. The predicted octanol–water partition coefficient (Wildman–Crippen LogP) is 6.37. The first kappa shape index (κ1) is 27.7. The maximum atomic E-state index is 14.3. The van der Waals surface area contributed by atoms with Crippen LogP contribution in [0, 0.1) is 10.1 Å². The molecule has 0 radical (unpaired) electrons. The third-order valence-electron chi connectivity index (χ3n) is 7.12. The highest BCUT2D eigenvalue weighted by Gasteiger charge is 2.24. The second-order valence-electron chi connectivity index (χ2n) is 9.59. The van der Waals surface area contributed by atoms with Crippen LogP contribution in [0.4, 0.5) is 22.9 Å². The second kappa shape index (κ2) is 12.6. The molecule has 41 heavy (non-hydrogen) atoms. The molecule has 10 heteroatoms. The molecule has 0 spiro atoms. The lowest BCUT2D eigenvalue weighted by Gasteiger charge is -2.36. The van der Waals surface area contributed by atoms with Crippen molar-refractivity contribution in [3.63, 3.8) is 0 Å². The molecular weight excluding hydrogens is 520 g/mol. The number of non-ortho nitro benzene ring substituents is 1. The SMILES string of the molecule is CCOc1ccc(-c2cc(N3CCN(CC)CC3)n(-c3ccccc3)c(=O)c2N=Nc2ccc([N+](=O)[O-])cc2)cc1. The zero-order valence-corrected chi connectivity index (χ0v) is 23.1. The highest BCUT2D eigenvalue weighted by Crippen LogP contribution is 2.35. The highest BCUT2D eigenvalue weighted by atomic mass is 16.6. The molecule has 0 N–H and O–H groups in total. The number of azo groups is 1. The van der Waals surface area contributed by atoms with Gasteiger partial charge in [0.25, 0.3) is 11.2 Å². The monoisotopic (exact) mass is 552 g/mol. The van der Waals surface area contributed by atoms with Gasteiger partial charge in [-0.25, -0.2) is 0 Å². The van der Waals surface area contributed by atoms with Crippen molar-refractivity contribution in [1.82, 2.24) is 9.47 Å². The number of para-hydroxylation sites is 1. The zero-order chi connectivity index (χ0) is 28.8. The van der Waals surface area contributed by atoms with Gasteiger partial charge in [-0.05, 0) is 61.5 Å². The van der Waals surface area contributed by atoms with E-state index in [1.54, 1.807) is 4.57 Å². The summed E-state index contributed by atoms with van der Waals surface area (Å²) in [5.74, 6) is 1.52. The molecular formula is C31H32N6O4. The summed E-state index contributed by atoms with van der Waals surface area (Å²) >= 11 is 0. The van der Waals surface area contributed by atoms with E-state index in [-0.39, 0.29) is 16.9 Å². The molecule has 3 aromatic carbocycles. The minimum Gasteiger partial charge on any atom is -0.494 e. The first-order valence-corrected chi connectivity index (χ1v) is 13.7. The van der Waals surface area contributed by atoms with Crippen LogP contribution in [0.25, 0.3) is 16.8 Å². The number of hydrogen-bond acceptors (Lipinski definition) is 8. The Labute approximate surface area is 238 Å². The van der Waals surface area contributed by atoms with Crippen molar-refractivity contribution in [2.24, 2.45) is 10.2 Å². The number of likely N-dealkylation sites (N-methyl/N-ethyl adjacent to an activating group) is 1. The van der Waals surface area contributed by atoms with Gasteiger partial charge in [-0.3, -0.25) is 19.5 Å². The predicted molar refractivity (Wildman–Crippen MR) is 160 cm³/mol. The molecule has 0 amide bonds. The number of piperazine rings is 1. The molecule has 0 saturated carbocycles. The lowest BCUT2D eigenvalue weighted by molar-refractivity contribution is -0.384. The van der Waals surface area contributed by atoms with Gasteiger partial charge in [0.05, 0.1) is 22.9 Å². The number of anilines is 1. The van der Waals surface area contributed by atoms with Crippen molar-refractivity contribution in [3.8, 4) is 22.6 Å². The van der Waals surface area contributed by atoms with Crippen LogP contribution in [0.5, 0.6) is 5.75 Å². The number of rotatable bonds is 9. The minimum absolute atomic E-state index is 0.0435. The Hall–Kier alpha value is -4.83. The van der Waals surface area contributed by atoms with Crippen molar-refractivity contribution in [3.05, 3.63) is 105 Å². The molecule has 5 rings (SSSR count). The fourth-order valence-corrected chi connectivity index (χ4v) is 4.90. The van der Waals surface area contributed by atoms with E-state index in [1.165, 1.54) is 24.3 Å². The Morgan fingerprint density at radius 3 is 2.17 bits per heavy atom. The molecule has 0 aliphatic carbocycles. The topological polar surface area (TPSA) is 106 Å². The van der Waals surface area contributed by atoms with Crippen LogP contribution in [-0.2, 0) is 0 Å². The summed E-state index contributed by atoms with van der Waals surface area (Å²) in [4.78, 5) is 29.6. The number of nitrogens with zero attached hydrogens (tertiary/aromatic N) is 6. The number of benzene rings is 3. The van der Waals surface area contributed by atoms with E-state index in [4.69, 9.17) is 4.74 Å². The number of nitro benzene ring substituents is 1. The van der Waals surface area contributed by atoms with Crippen LogP contribution in [0.2, 0.25) is 0 Å². The molecule has 4 aromatic rings. The Bertz CT molecular complexity index is 1580. The Kier molecular flexibility index (Phi) is 8.50. The summed E-state index contributed by atoms with van der Waals surface area (Å²) in [7, 11) is 0. The summed E-state index contributed by atoms with van der Waals surface area (Å²) in [6, 6.07) is 24.9. The Morgan fingerprint density at radius 1 is 0.878 bits per heavy atom. The molecule has 0 unspecified atom stereocenters. The number of pyridine rings is 1. The van der Waals surface area contributed by atoms with Gasteiger partial charge in [-0.1, -0.05) is 37.3 Å². The molecule has 2 heterocycles. The van der Waals surface area contributed by atoms with Crippen molar-refractivity contribution in [2.75, 3.05) is 44.2 Å². The van der Waals surface area contributed by atoms with Gasteiger partial charge in [0, 0.05) is 43.9 Å². The molecule has 210 valence electrons. The van der Waals surface area contributed by atoms with Crippen molar-refractivity contribution in [2.45, 2.75) is 13.8 Å². The van der Waals surface area contributed by atoms with Gasteiger partial charge in [-0.15, -0.1) is 5.11 Å². The Balaban J connectivity index is 1.68. The molecule has 1 aliphatic rings. The van der Waals surface area contributed by atoms with Gasteiger partial charge in [0.1, 0.15) is 11.6 Å². The van der Waals surface area contributed by atoms with E-state index >= 15 is 0 Å². The van der Waals surface area contributed by atoms with E-state index in [1.807, 2.05) is 67.6 Å². The van der Waals surface area contributed by atoms with Crippen LogP contribution in [-0.4, -0.2) is 53.7 Å². The van der Waals surface area contributed by atoms with Gasteiger partial charge < -0.3 is 14.5 Å². The standard InChI is InChI=1S/C31H32N6O4/c1-3-34-18-20-35(21-19-34)29-22-28(23-10-16-27(17-11-23)41-4-2)30(31(38)36(29)25-8-6-5-7-9-25)33-32-24-12-14-26(15-13-24)37(39)40/h5-17,22H,3-4,18-21H2,1-2H3. The molecule has 1 fully saturated rings. The molecule has 1 aromatic heterocycles. The first-order valence-electron chi connectivity index (χ1n) is 13.7.